The van der Waals surface area contributed by atoms with E-state index in [4.69, 9.17) is 4.74 Å². The minimum Gasteiger partial charge on any atom is -0.482 e. The first-order valence-corrected chi connectivity index (χ1v) is 8.17. The van der Waals surface area contributed by atoms with E-state index < -0.39 is 0 Å². The largest absolute Gasteiger partial charge is 0.482 e. The van der Waals surface area contributed by atoms with Gasteiger partial charge in [0.25, 0.3) is 0 Å². The first-order valence-electron chi connectivity index (χ1n) is 7.35. The third-order valence-electron chi connectivity index (χ3n) is 3.45. The summed E-state index contributed by atoms with van der Waals surface area (Å²) in [5.74, 6) is 0.861. The predicted octanol–water partition coefficient (Wildman–Crippen LogP) is 3.73. The monoisotopic (exact) mass is 313 g/mol. The molecule has 4 nitrogen and oxygen atoms in total. The van der Waals surface area contributed by atoms with E-state index >= 15 is 0 Å². The fourth-order valence-electron chi connectivity index (χ4n) is 2.36. The van der Waals surface area contributed by atoms with Gasteiger partial charge in [-0.25, -0.2) is 4.98 Å². The van der Waals surface area contributed by atoms with Crippen LogP contribution in [0.3, 0.4) is 0 Å². The molecule has 3 rings (SSSR count). The average molecular weight is 313 g/mol. The highest BCUT2D eigenvalue weighted by Crippen LogP contribution is 2.31. The van der Waals surface area contributed by atoms with Crippen LogP contribution in [0.5, 0.6) is 5.75 Å². The number of benzene rings is 1. The zero-order valence-corrected chi connectivity index (χ0v) is 13.6. The van der Waals surface area contributed by atoms with Crippen molar-refractivity contribution in [3.05, 3.63) is 52.6 Å². The van der Waals surface area contributed by atoms with E-state index in [0.29, 0.717) is 0 Å². The number of rotatable bonds is 6. The van der Waals surface area contributed by atoms with E-state index in [1.54, 1.807) is 17.5 Å². The van der Waals surface area contributed by atoms with Crippen molar-refractivity contribution in [3.8, 4) is 5.75 Å². The van der Waals surface area contributed by atoms with Crippen LogP contribution < -0.4 is 10.1 Å². The van der Waals surface area contributed by atoms with Crippen LogP contribution in [0.1, 0.15) is 22.4 Å². The summed E-state index contributed by atoms with van der Waals surface area (Å²) >= 11 is 1.69. The highest BCUT2D eigenvalue weighted by molar-refractivity contribution is 7.11. The van der Waals surface area contributed by atoms with Gasteiger partial charge in [0, 0.05) is 29.1 Å². The van der Waals surface area contributed by atoms with Gasteiger partial charge in [-0.1, -0.05) is 6.07 Å². The summed E-state index contributed by atoms with van der Waals surface area (Å²) in [5, 5.41) is 5.24. The number of thiazole rings is 1. The van der Waals surface area contributed by atoms with Crippen LogP contribution in [0, 0.1) is 6.92 Å². The number of nitrogens with one attached hydrogen (secondary N) is 1. The van der Waals surface area contributed by atoms with Crippen molar-refractivity contribution < 1.29 is 4.74 Å². The summed E-state index contributed by atoms with van der Waals surface area (Å²) in [7, 11) is 1.95. The highest BCUT2D eigenvalue weighted by atomic mass is 32.1. The molecule has 114 valence electrons. The zero-order valence-electron chi connectivity index (χ0n) is 12.7. The summed E-state index contributed by atoms with van der Waals surface area (Å²) in [6.07, 6.45) is 4.53. The number of aromatic nitrogens is 2. The summed E-state index contributed by atoms with van der Waals surface area (Å²) < 4.78 is 6.30. The molecule has 0 saturated carbocycles. The Balaban J connectivity index is 1.91. The van der Waals surface area contributed by atoms with Gasteiger partial charge in [-0.3, -0.25) is 4.98 Å². The maximum atomic E-state index is 6.30. The first-order chi connectivity index (χ1) is 10.8. The molecule has 0 aliphatic rings. The van der Waals surface area contributed by atoms with Gasteiger partial charge >= 0.3 is 0 Å². The number of nitrogens with zero attached hydrogens (tertiary/aromatic N) is 2. The van der Waals surface area contributed by atoms with Crippen molar-refractivity contribution in [2.45, 2.75) is 19.4 Å². The van der Waals surface area contributed by atoms with E-state index in [0.717, 1.165) is 34.6 Å². The SMILES string of the molecule is CNCCC(Oc1cccc2ncccc12)c1ncc(C)s1. The Morgan fingerprint density at radius 1 is 1.23 bits per heavy atom. The van der Waals surface area contributed by atoms with Gasteiger partial charge in [-0.05, 0) is 44.8 Å². The van der Waals surface area contributed by atoms with Crippen molar-refractivity contribution in [1.82, 2.24) is 15.3 Å². The first kappa shape index (κ1) is 14.9. The molecule has 0 radical (unpaired) electrons. The Labute approximate surface area is 134 Å². The molecular weight excluding hydrogens is 294 g/mol. The van der Waals surface area contributed by atoms with Crippen LogP contribution in [0.2, 0.25) is 0 Å². The fourth-order valence-corrected chi connectivity index (χ4v) is 3.20. The molecule has 0 aliphatic heterocycles. The summed E-state index contributed by atoms with van der Waals surface area (Å²) in [6, 6.07) is 9.95. The van der Waals surface area contributed by atoms with E-state index in [1.165, 1.54) is 4.88 Å². The summed E-state index contributed by atoms with van der Waals surface area (Å²) in [5.41, 5.74) is 0.947. The Kier molecular flexibility index (Phi) is 4.65. The second-order valence-corrected chi connectivity index (χ2v) is 6.40. The molecule has 1 N–H and O–H groups in total. The molecule has 0 spiro atoms. The number of aryl methyl sites for hydroxylation is 1. The lowest BCUT2D eigenvalue weighted by atomic mass is 10.2. The molecule has 0 saturated heterocycles. The van der Waals surface area contributed by atoms with Crippen LogP contribution >= 0.6 is 11.3 Å². The van der Waals surface area contributed by atoms with Gasteiger partial charge in [-0.15, -0.1) is 11.3 Å². The third-order valence-corrected chi connectivity index (χ3v) is 4.45. The predicted molar refractivity (Wildman–Crippen MR) is 90.5 cm³/mol. The molecule has 1 aromatic carbocycles. The van der Waals surface area contributed by atoms with Crippen molar-refractivity contribution in [1.29, 1.82) is 0 Å². The van der Waals surface area contributed by atoms with Crippen LogP contribution in [0.4, 0.5) is 0 Å². The van der Waals surface area contributed by atoms with Crippen molar-refractivity contribution >= 4 is 22.2 Å². The van der Waals surface area contributed by atoms with E-state index in [2.05, 4.69) is 22.2 Å². The Bertz CT molecular complexity index is 751. The molecule has 2 heterocycles. The molecule has 0 bridgehead atoms. The quantitative estimate of drug-likeness (QED) is 0.753. The number of hydrogen-bond donors (Lipinski definition) is 1. The lowest BCUT2D eigenvalue weighted by Crippen LogP contribution is -2.16. The van der Waals surface area contributed by atoms with Crippen molar-refractivity contribution in [2.75, 3.05) is 13.6 Å². The average Bonchev–Trinajstić information content (AvgIpc) is 2.98. The molecule has 0 fully saturated rings. The molecule has 3 aromatic rings. The van der Waals surface area contributed by atoms with Crippen LogP contribution in [0.15, 0.2) is 42.7 Å². The molecule has 0 amide bonds. The topological polar surface area (TPSA) is 47.0 Å². The minimum absolute atomic E-state index is 0.0445. The van der Waals surface area contributed by atoms with Gasteiger partial charge in [0.15, 0.2) is 6.10 Å². The van der Waals surface area contributed by atoms with E-state index in [1.807, 2.05) is 43.6 Å². The molecule has 5 heteroatoms. The molecule has 1 unspecified atom stereocenters. The smallest absolute Gasteiger partial charge is 0.151 e. The maximum Gasteiger partial charge on any atom is 0.151 e. The second kappa shape index (κ2) is 6.85. The third kappa shape index (κ3) is 3.26. The molecule has 1 atom stereocenters. The molecule has 0 aliphatic carbocycles. The van der Waals surface area contributed by atoms with Gasteiger partial charge in [0.1, 0.15) is 10.8 Å². The van der Waals surface area contributed by atoms with Crippen molar-refractivity contribution in [2.24, 2.45) is 0 Å². The summed E-state index contributed by atoms with van der Waals surface area (Å²) in [4.78, 5) is 10.1. The molecule has 22 heavy (non-hydrogen) atoms. The van der Waals surface area contributed by atoms with Crippen LogP contribution in [0.25, 0.3) is 10.9 Å². The lowest BCUT2D eigenvalue weighted by molar-refractivity contribution is 0.197. The van der Waals surface area contributed by atoms with Gasteiger partial charge in [0.05, 0.1) is 5.52 Å². The van der Waals surface area contributed by atoms with Crippen LogP contribution in [-0.4, -0.2) is 23.6 Å². The maximum absolute atomic E-state index is 6.30. The fraction of sp³-hybridized carbons (Fsp3) is 0.294. The normalized spacial score (nSPS) is 12.5. The van der Waals surface area contributed by atoms with Gasteiger partial charge in [0.2, 0.25) is 0 Å². The highest BCUT2D eigenvalue weighted by Gasteiger charge is 2.18. The van der Waals surface area contributed by atoms with Crippen LogP contribution in [-0.2, 0) is 0 Å². The van der Waals surface area contributed by atoms with Gasteiger partial charge in [-0.2, -0.15) is 0 Å². The number of pyridine rings is 1. The summed E-state index contributed by atoms with van der Waals surface area (Å²) in [6.45, 7) is 2.95. The minimum atomic E-state index is -0.0445. The zero-order chi connectivity index (χ0) is 15.4. The van der Waals surface area contributed by atoms with E-state index in [-0.39, 0.29) is 6.10 Å². The number of ether oxygens (including phenoxy) is 1. The Morgan fingerprint density at radius 3 is 2.91 bits per heavy atom. The Morgan fingerprint density at radius 2 is 2.14 bits per heavy atom. The Hall–Kier alpha value is -1.98. The van der Waals surface area contributed by atoms with Gasteiger partial charge < -0.3 is 10.1 Å². The molecular formula is C17H19N3OS. The second-order valence-electron chi connectivity index (χ2n) is 5.13. The number of fused-ring (bicyclic) bond motifs is 1. The number of hydrogen-bond acceptors (Lipinski definition) is 5. The van der Waals surface area contributed by atoms with Crippen molar-refractivity contribution in [3.63, 3.8) is 0 Å². The van der Waals surface area contributed by atoms with E-state index in [9.17, 15) is 0 Å². The molecule has 2 aromatic heterocycles. The lowest BCUT2D eigenvalue weighted by Gasteiger charge is -2.18. The standard InChI is InChI=1S/C17H19N3OS/c1-12-11-20-17(22-12)16(8-10-18-2)21-15-7-3-6-14-13(15)5-4-9-19-14/h3-7,9,11,16,18H,8,10H2,1-2H3.